The first kappa shape index (κ1) is 14.1. The number of aryl methyl sites for hydroxylation is 2. The molecular weight excluding hydrogens is 236 g/mol. The second-order valence-electron chi connectivity index (χ2n) is 5.60. The van der Waals surface area contributed by atoms with Crippen LogP contribution in [0, 0.1) is 0 Å². The Balaban J connectivity index is 2.35. The van der Waals surface area contributed by atoms with Crippen molar-refractivity contribution in [1.82, 2.24) is 0 Å². The SMILES string of the molecule is CCOC(=O)C(C)(CC)c1ccc2c(c1)CCCC2. The van der Waals surface area contributed by atoms with Crippen molar-refractivity contribution < 1.29 is 9.53 Å². The predicted octanol–water partition coefficient (Wildman–Crippen LogP) is 3.80. The van der Waals surface area contributed by atoms with E-state index in [4.69, 9.17) is 4.74 Å². The summed E-state index contributed by atoms with van der Waals surface area (Å²) < 4.78 is 5.26. The van der Waals surface area contributed by atoms with Gasteiger partial charge in [0.1, 0.15) is 0 Å². The van der Waals surface area contributed by atoms with Gasteiger partial charge in [-0.3, -0.25) is 4.79 Å². The highest BCUT2D eigenvalue weighted by molar-refractivity contribution is 5.82. The number of carbonyl (C=O) groups excluding carboxylic acids is 1. The van der Waals surface area contributed by atoms with Crippen molar-refractivity contribution >= 4 is 5.97 Å². The van der Waals surface area contributed by atoms with Gasteiger partial charge in [-0.05, 0) is 62.6 Å². The average molecular weight is 260 g/mol. The molecule has 0 heterocycles. The molecular formula is C17H24O2. The van der Waals surface area contributed by atoms with Crippen LogP contribution in [0.1, 0.15) is 56.7 Å². The molecule has 2 rings (SSSR count). The molecule has 1 atom stereocenters. The minimum absolute atomic E-state index is 0.103. The fourth-order valence-corrected chi connectivity index (χ4v) is 2.83. The van der Waals surface area contributed by atoms with E-state index in [2.05, 4.69) is 25.1 Å². The highest BCUT2D eigenvalue weighted by atomic mass is 16.5. The Hall–Kier alpha value is -1.31. The van der Waals surface area contributed by atoms with E-state index in [1.165, 1.54) is 30.4 Å². The summed E-state index contributed by atoms with van der Waals surface area (Å²) >= 11 is 0. The second kappa shape index (κ2) is 5.77. The van der Waals surface area contributed by atoms with E-state index in [-0.39, 0.29) is 5.97 Å². The number of carbonyl (C=O) groups is 1. The van der Waals surface area contributed by atoms with Crippen LogP contribution in [0.25, 0.3) is 0 Å². The van der Waals surface area contributed by atoms with Crippen LogP contribution in [0.5, 0.6) is 0 Å². The molecule has 1 aromatic rings. The fraction of sp³-hybridized carbons (Fsp3) is 0.588. The van der Waals surface area contributed by atoms with E-state index in [0.717, 1.165) is 18.4 Å². The molecule has 2 heteroatoms. The van der Waals surface area contributed by atoms with E-state index < -0.39 is 5.41 Å². The predicted molar refractivity (Wildman–Crippen MR) is 77.4 cm³/mol. The molecule has 0 spiro atoms. The Morgan fingerprint density at radius 1 is 1.21 bits per heavy atom. The first-order chi connectivity index (χ1) is 9.11. The summed E-state index contributed by atoms with van der Waals surface area (Å²) in [5.74, 6) is -0.103. The Labute approximate surface area is 116 Å². The number of hydrogen-bond acceptors (Lipinski definition) is 2. The number of benzene rings is 1. The first-order valence-corrected chi connectivity index (χ1v) is 7.41. The summed E-state index contributed by atoms with van der Waals surface area (Å²) in [5, 5.41) is 0. The summed E-state index contributed by atoms with van der Waals surface area (Å²) in [6.07, 6.45) is 5.64. The van der Waals surface area contributed by atoms with Gasteiger partial charge in [0, 0.05) is 0 Å². The number of hydrogen-bond donors (Lipinski definition) is 0. The van der Waals surface area contributed by atoms with Crippen molar-refractivity contribution in [1.29, 1.82) is 0 Å². The molecule has 2 nitrogen and oxygen atoms in total. The molecule has 1 aromatic carbocycles. The van der Waals surface area contributed by atoms with Gasteiger partial charge in [0.2, 0.25) is 0 Å². The third-order valence-corrected chi connectivity index (χ3v) is 4.42. The first-order valence-electron chi connectivity index (χ1n) is 7.41. The van der Waals surface area contributed by atoms with Crippen LogP contribution in [-0.2, 0) is 27.8 Å². The van der Waals surface area contributed by atoms with Crippen molar-refractivity contribution in [2.45, 2.75) is 58.3 Å². The molecule has 0 N–H and O–H groups in total. The van der Waals surface area contributed by atoms with Crippen LogP contribution >= 0.6 is 0 Å². The number of ether oxygens (including phenoxy) is 1. The zero-order chi connectivity index (χ0) is 13.9. The molecule has 0 radical (unpaired) electrons. The molecule has 1 unspecified atom stereocenters. The molecule has 1 aliphatic rings. The van der Waals surface area contributed by atoms with Crippen molar-refractivity contribution in [2.75, 3.05) is 6.61 Å². The van der Waals surface area contributed by atoms with Crippen molar-refractivity contribution in [3.8, 4) is 0 Å². The third-order valence-electron chi connectivity index (χ3n) is 4.42. The number of esters is 1. The third kappa shape index (κ3) is 2.68. The van der Waals surface area contributed by atoms with E-state index in [1.54, 1.807) is 0 Å². The van der Waals surface area contributed by atoms with Gasteiger partial charge in [-0.15, -0.1) is 0 Å². The molecule has 0 saturated carbocycles. The summed E-state index contributed by atoms with van der Waals surface area (Å²) in [5.41, 5.74) is 3.47. The van der Waals surface area contributed by atoms with Gasteiger partial charge in [0.05, 0.1) is 12.0 Å². The van der Waals surface area contributed by atoms with Crippen molar-refractivity contribution in [2.24, 2.45) is 0 Å². The Bertz CT molecular complexity index is 464. The molecule has 0 amide bonds. The summed E-state index contributed by atoms with van der Waals surface area (Å²) in [6, 6.07) is 6.55. The smallest absolute Gasteiger partial charge is 0.316 e. The van der Waals surface area contributed by atoms with Crippen molar-refractivity contribution in [3.63, 3.8) is 0 Å². The zero-order valence-electron chi connectivity index (χ0n) is 12.3. The Kier molecular flexibility index (Phi) is 4.28. The monoisotopic (exact) mass is 260 g/mol. The van der Waals surface area contributed by atoms with Crippen molar-refractivity contribution in [3.05, 3.63) is 34.9 Å². The Morgan fingerprint density at radius 3 is 2.53 bits per heavy atom. The summed E-state index contributed by atoms with van der Waals surface area (Å²) in [6.45, 7) is 6.35. The highest BCUT2D eigenvalue weighted by Gasteiger charge is 2.35. The summed E-state index contributed by atoms with van der Waals surface area (Å²) in [4.78, 5) is 12.2. The zero-order valence-corrected chi connectivity index (χ0v) is 12.3. The lowest BCUT2D eigenvalue weighted by Gasteiger charge is -2.28. The number of rotatable bonds is 4. The maximum atomic E-state index is 12.2. The van der Waals surface area contributed by atoms with E-state index in [1.807, 2.05) is 13.8 Å². The van der Waals surface area contributed by atoms with E-state index in [9.17, 15) is 4.79 Å². The van der Waals surface area contributed by atoms with Crippen LogP contribution in [-0.4, -0.2) is 12.6 Å². The van der Waals surface area contributed by atoms with Gasteiger partial charge in [-0.25, -0.2) is 0 Å². The van der Waals surface area contributed by atoms with E-state index >= 15 is 0 Å². The largest absolute Gasteiger partial charge is 0.465 e. The lowest BCUT2D eigenvalue weighted by molar-refractivity contribution is -0.149. The quantitative estimate of drug-likeness (QED) is 0.770. The van der Waals surface area contributed by atoms with Crippen LogP contribution in [0.4, 0.5) is 0 Å². The summed E-state index contributed by atoms with van der Waals surface area (Å²) in [7, 11) is 0. The molecule has 0 aromatic heterocycles. The van der Waals surface area contributed by atoms with E-state index in [0.29, 0.717) is 6.61 Å². The lowest BCUT2D eigenvalue weighted by Crippen LogP contribution is -2.34. The molecule has 0 saturated heterocycles. The minimum Gasteiger partial charge on any atom is -0.465 e. The molecule has 19 heavy (non-hydrogen) atoms. The van der Waals surface area contributed by atoms with Gasteiger partial charge in [0.25, 0.3) is 0 Å². The molecule has 0 bridgehead atoms. The molecule has 0 aliphatic heterocycles. The minimum atomic E-state index is -0.511. The van der Waals surface area contributed by atoms with Crippen LogP contribution in [0.15, 0.2) is 18.2 Å². The van der Waals surface area contributed by atoms with Crippen LogP contribution in [0.2, 0.25) is 0 Å². The number of fused-ring (bicyclic) bond motifs is 1. The topological polar surface area (TPSA) is 26.3 Å². The highest BCUT2D eigenvalue weighted by Crippen LogP contribution is 2.32. The van der Waals surface area contributed by atoms with Gasteiger partial charge >= 0.3 is 5.97 Å². The van der Waals surface area contributed by atoms with Gasteiger partial charge in [-0.2, -0.15) is 0 Å². The van der Waals surface area contributed by atoms with Crippen LogP contribution in [0.3, 0.4) is 0 Å². The van der Waals surface area contributed by atoms with Gasteiger partial charge in [-0.1, -0.05) is 25.1 Å². The standard InChI is InChI=1S/C17H24O2/c1-4-17(3,16(18)19-5-2)15-11-10-13-8-6-7-9-14(13)12-15/h10-12H,4-9H2,1-3H3. The lowest BCUT2D eigenvalue weighted by atomic mass is 9.77. The molecule has 0 fully saturated rings. The Morgan fingerprint density at radius 2 is 1.89 bits per heavy atom. The van der Waals surface area contributed by atoms with Gasteiger partial charge < -0.3 is 4.74 Å². The fourth-order valence-electron chi connectivity index (χ4n) is 2.83. The van der Waals surface area contributed by atoms with Crippen LogP contribution < -0.4 is 0 Å². The maximum Gasteiger partial charge on any atom is 0.316 e. The maximum absolute atomic E-state index is 12.2. The molecule has 104 valence electrons. The van der Waals surface area contributed by atoms with Gasteiger partial charge in [0.15, 0.2) is 0 Å². The average Bonchev–Trinajstić information content (AvgIpc) is 2.46. The molecule has 1 aliphatic carbocycles. The second-order valence-corrected chi connectivity index (χ2v) is 5.60. The normalized spacial score (nSPS) is 17.4.